The third-order valence-corrected chi connectivity index (χ3v) is 5.87. The first-order valence-corrected chi connectivity index (χ1v) is 13.1. The highest BCUT2D eigenvalue weighted by atomic mass is 19.3. The number of hydrogen-bond donors (Lipinski definition) is 1. The lowest BCUT2D eigenvalue weighted by Gasteiger charge is -2.33. The van der Waals surface area contributed by atoms with Crippen LogP contribution >= 0.6 is 0 Å². The van der Waals surface area contributed by atoms with E-state index in [4.69, 9.17) is 19.3 Å². The molecule has 1 N–H and O–H groups in total. The molecule has 0 saturated heterocycles. The van der Waals surface area contributed by atoms with Crippen LogP contribution in [0.25, 0.3) is 0 Å². The van der Waals surface area contributed by atoms with Gasteiger partial charge in [0, 0.05) is 6.42 Å². The molecule has 1 aromatic carbocycles. The molecule has 2 aliphatic carbocycles. The van der Waals surface area contributed by atoms with Gasteiger partial charge in [0.05, 0.1) is 38.1 Å². The predicted molar refractivity (Wildman–Crippen MR) is 141 cm³/mol. The van der Waals surface area contributed by atoms with Crippen molar-refractivity contribution in [3.63, 3.8) is 0 Å². The number of hydrogen-bond acceptors (Lipinski definition) is 5. The number of ether oxygens (including phenoxy) is 4. The fraction of sp³-hybridized carbons (Fsp3) is 0.655. The first kappa shape index (κ1) is 34.2. The molecule has 5 nitrogen and oxygen atoms in total. The van der Waals surface area contributed by atoms with E-state index in [0.717, 1.165) is 25.7 Å². The molecular weight excluding hydrogens is 504 g/mol. The molecule has 38 heavy (non-hydrogen) atoms. The summed E-state index contributed by atoms with van der Waals surface area (Å²) in [5, 5.41) is 9.04. The highest BCUT2D eigenvalue weighted by Gasteiger charge is 2.34. The Morgan fingerprint density at radius 2 is 1.37 bits per heavy atom. The first-order valence-electron chi connectivity index (χ1n) is 13.1. The lowest BCUT2D eigenvalue weighted by atomic mass is 9.84. The van der Waals surface area contributed by atoms with E-state index >= 15 is 0 Å². The Kier molecular flexibility index (Phi) is 16.7. The van der Waals surface area contributed by atoms with E-state index in [1.165, 1.54) is 24.6 Å². The molecule has 0 unspecified atom stereocenters. The molecule has 9 heteroatoms. The van der Waals surface area contributed by atoms with Gasteiger partial charge in [-0.25, -0.2) is 17.6 Å². The summed E-state index contributed by atoms with van der Waals surface area (Å²) in [6.45, 7) is 9.60. The Morgan fingerprint density at radius 3 is 1.84 bits per heavy atom. The van der Waals surface area contributed by atoms with Gasteiger partial charge in [0.2, 0.25) is 0 Å². The highest BCUT2D eigenvalue weighted by Crippen LogP contribution is 2.30. The zero-order chi connectivity index (χ0) is 28.4. The van der Waals surface area contributed by atoms with Gasteiger partial charge in [0.25, 0.3) is 11.8 Å². The average molecular weight is 549 g/mol. The van der Waals surface area contributed by atoms with Crippen molar-refractivity contribution < 1.29 is 41.6 Å². The second kappa shape index (κ2) is 18.5. The standard InChI is InChI=1S/C11H18F2O2.C11H14O2.C7H12F2O/c1-3-4-14-7-11(12,13)8-15-10-5-9(2)6-10;12-10-6-11(7-10)13-8-9-4-2-1-3-5-9;1-3-5-10-6-7(8,9)4-2/h3,9-10H,1,4-8H2,2H3;1-5,10-12H,6-8H2;3H,1,4-6H2,2H3. The largest absolute Gasteiger partial charge is 0.393 e. The van der Waals surface area contributed by atoms with E-state index in [9.17, 15) is 17.6 Å². The molecule has 0 aromatic heterocycles. The van der Waals surface area contributed by atoms with Crippen LogP contribution in [0.1, 0.15) is 51.5 Å². The minimum absolute atomic E-state index is 0.0188. The molecule has 0 bridgehead atoms. The van der Waals surface area contributed by atoms with E-state index in [1.54, 1.807) is 0 Å². The maximum Gasteiger partial charge on any atom is 0.293 e. The van der Waals surface area contributed by atoms with Crippen LogP contribution in [0, 0.1) is 5.92 Å². The molecule has 2 fully saturated rings. The molecule has 3 rings (SSSR count). The lowest BCUT2D eigenvalue weighted by Crippen LogP contribution is -2.36. The van der Waals surface area contributed by atoms with Gasteiger partial charge in [-0.15, -0.1) is 13.2 Å². The van der Waals surface area contributed by atoms with Crippen LogP contribution in [-0.4, -0.2) is 68.3 Å². The Labute approximate surface area is 224 Å². The third kappa shape index (κ3) is 16.2. The summed E-state index contributed by atoms with van der Waals surface area (Å²) in [5.74, 6) is -4.95. The van der Waals surface area contributed by atoms with Gasteiger partial charge in [-0.05, 0) is 37.2 Å². The average Bonchev–Trinajstić information content (AvgIpc) is 2.85. The summed E-state index contributed by atoms with van der Waals surface area (Å²) in [7, 11) is 0. The molecule has 0 radical (unpaired) electrons. The molecular formula is C29H44F4O5. The monoisotopic (exact) mass is 548 g/mol. The number of aliphatic hydroxyl groups excluding tert-OH is 1. The van der Waals surface area contributed by atoms with Crippen molar-refractivity contribution in [2.75, 3.05) is 33.0 Å². The highest BCUT2D eigenvalue weighted by molar-refractivity contribution is 5.13. The Balaban J connectivity index is 0.000000291. The molecule has 1 aromatic rings. The zero-order valence-electron chi connectivity index (χ0n) is 22.6. The van der Waals surface area contributed by atoms with Gasteiger partial charge < -0.3 is 24.1 Å². The van der Waals surface area contributed by atoms with E-state index < -0.39 is 31.7 Å². The smallest absolute Gasteiger partial charge is 0.293 e. The summed E-state index contributed by atoms with van der Waals surface area (Å²) < 4.78 is 70.7. The topological polar surface area (TPSA) is 57.2 Å². The summed E-state index contributed by atoms with van der Waals surface area (Å²) in [5.41, 5.74) is 1.20. The first-order chi connectivity index (χ1) is 18.0. The van der Waals surface area contributed by atoms with Crippen molar-refractivity contribution in [1.82, 2.24) is 0 Å². The van der Waals surface area contributed by atoms with E-state index in [1.807, 2.05) is 18.2 Å². The number of aliphatic hydroxyl groups is 1. The molecule has 2 saturated carbocycles. The third-order valence-electron chi connectivity index (χ3n) is 5.87. The lowest BCUT2D eigenvalue weighted by molar-refractivity contribution is -0.150. The van der Waals surface area contributed by atoms with Crippen LogP contribution in [0.4, 0.5) is 17.6 Å². The molecule has 0 aliphatic heterocycles. The van der Waals surface area contributed by atoms with Crippen molar-refractivity contribution in [2.45, 2.75) is 82.7 Å². The van der Waals surface area contributed by atoms with Gasteiger partial charge in [0.1, 0.15) is 19.8 Å². The van der Waals surface area contributed by atoms with Gasteiger partial charge >= 0.3 is 0 Å². The Hall–Kier alpha value is -1.78. The van der Waals surface area contributed by atoms with Gasteiger partial charge in [-0.2, -0.15) is 0 Å². The number of halogens is 4. The van der Waals surface area contributed by atoms with Crippen molar-refractivity contribution >= 4 is 0 Å². The van der Waals surface area contributed by atoms with Crippen LogP contribution < -0.4 is 0 Å². The number of benzene rings is 1. The molecule has 218 valence electrons. The fourth-order valence-electron chi connectivity index (χ4n) is 3.39. The van der Waals surface area contributed by atoms with Crippen molar-refractivity contribution in [3.05, 3.63) is 61.2 Å². The van der Waals surface area contributed by atoms with Crippen LogP contribution in [0.15, 0.2) is 55.6 Å². The molecule has 0 atom stereocenters. The Bertz CT molecular complexity index is 751. The van der Waals surface area contributed by atoms with E-state index in [0.29, 0.717) is 12.5 Å². The second-order valence-electron chi connectivity index (χ2n) is 9.73. The van der Waals surface area contributed by atoms with Crippen molar-refractivity contribution in [1.29, 1.82) is 0 Å². The molecule has 0 amide bonds. The van der Waals surface area contributed by atoms with E-state index in [2.05, 4.69) is 37.0 Å². The Morgan fingerprint density at radius 1 is 0.842 bits per heavy atom. The normalized spacial score (nSPS) is 22.5. The minimum Gasteiger partial charge on any atom is -0.393 e. The molecule has 0 spiro atoms. The fourth-order valence-corrected chi connectivity index (χ4v) is 3.39. The van der Waals surface area contributed by atoms with Crippen molar-refractivity contribution in [2.24, 2.45) is 5.92 Å². The summed E-state index contributed by atoms with van der Waals surface area (Å²) in [4.78, 5) is 0. The summed E-state index contributed by atoms with van der Waals surface area (Å²) >= 11 is 0. The van der Waals surface area contributed by atoms with Crippen LogP contribution in [0.5, 0.6) is 0 Å². The van der Waals surface area contributed by atoms with Crippen molar-refractivity contribution in [3.8, 4) is 0 Å². The van der Waals surface area contributed by atoms with Gasteiger partial charge in [0.15, 0.2) is 0 Å². The molecule has 0 heterocycles. The molecule has 2 aliphatic rings. The zero-order valence-corrected chi connectivity index (χ0v) is 22.6. The maximum atomic E-state index is 13.1. The van der Waals surface area contributed by atoms with Gasteiger partial charge in [-0.3, -0.25) is 0 Å². The SMILES string of the molecule is C=CCOCC(F)(F)CC.C=CCOCC(F)(F)COC1CC(C)C1.OC1CC(OCc2ccccc2)C1. The summed E-state index contributed by atoms with van der Waals surface area (Å²) in [6, 6.07) is 10.1. The maximum absolute atomic E-state index is 13.1. The predicted octanol–water partition coefficient (Wildman–Crippen LogP) is 6.60. The van der Waals surface area contributed by atoms with Gasteiger partial charge in [-0.1, -0.05) is 56.3 Å². The minimum atomic E-state index is -2.89. The number of alkyl halides is 4. The van der Waals surface area contributed by atoms with Crippen LogP contribution in [0.2, 0.25) is 0 Å². The van der Waals surface area contributed by atoms with Crippen LogP contribution in [-0.2, 0) is 25.6 Å². The van der Waals surface area contributed by atoms with E-state index in [-0.39, 0.29) is 37.9 Å². The van der Waals surface area contributed by atoms with Crippen LogP contribution in [0.3, 0.4) is 0 Å². The summed E-state index contributed by atoms with van der Waals surface area (Å²) in [6.07, 6.45) is 6.27. The second-order valence-corrected chi connectivity index (χ2v) is 9.73. The quantitative estimate of drug-likeness (QED) is 0.152. The number of rotatable bonds is 15.